The number of ether oxygens (including phenoxy) is 1. The van der Waals surface area contributed by atoms with Crippen LogP contribution in [0.2, 0.25) is 0 Å². The van der Waals surface area contributed by atoms with Gasteiger partial charge in [0.15, 0.2) is 0 Å². The SMILES string of the molecule is COCc1cccc(NCCCCc2ccccc2)c1. The number of aryl methyl sites for hydroxylation is 1. The summed E-state index contributed by atoms with van der Waals surface area (Å²) in [4.78, 5) is 0. The first kappa shape index (κ1) is 14.6. The van der Waals surface area contributed by atoms with Gasteiger partial charge in [0.1, 0.15) is 0 Å². The summed E-state index contributed by atoms with van der Waals surface area (Å²) in [5, 5.41) is 3.47. The maximum Gasteiger partial charge on any atom is 0.0713 e. The highest BCUT2D eigenvalue weighted by Gasteiger charge is 1.96. The lowest BCUT2D eigenvalue weighted by atomic mass is 10.1. The molecule has 0 saturated heterocycles. The topological polar surface area (TPSA) is 21.3 Å². The summed E-state index contributed by atoms with van der Waals surface area (Å²) >= 11 is 0. The molecule has 0 aromatic heterocycles. The molecule has 2 aromatic rings. The number of nitrogens with one attached hydrogen (secondary N) is 1. The highest BCUT2D eigenvalue weighted by molar-refractivity contribution is 5.45. The molecule has 0 aliphatic carbocycles. The van der Waals surface area contributed by atoms with E-state index in [4.69, 9.17) is 4.74 Å². The zero-order valence-corrected chi connectivity index (χ0v) is 12.1. The van der Waals surface area contributed by atoms with Crippen LogP contribution in [0.15, 0.2) is 54.6 Å². The van der Waals surface area contributed by atoms with E-state index in [0.29, 0.717) is 6.61 Å². The van der Waals surface area contributed by atoms with Gasteiger partial charge in [-0.1, -0.05) is 42.5 Å². The first-order valence-electron chi connectivity index (χ1n) is 7.24. The third-order valence-corrected chi connectivity index (χ3v) is 3.30. The Morgan fingerprint density at radius 3 is 2.50 bits per heavy atom. The molecule has 0 heterocycles. The van der Waals surface area contributed by atoms with E-state index in [1.54, 1.807) is 7.11 Å². The summed E-state index contributed by atoms with van der Waals surface area (Å²) in [6.45, 7) is 1.69. The predicted octanol–water partition coefficient (Wildman–Crippen LogP) is 4.27. The minimum absolute atomic E-state index is 0.670. The zero-order valence-electron chi connectivity index (χ0n) is 12.1. The molecule has 0 fully saturated rings. The van der Waals surface area contributed by atoms with Crippen LogP contribution in [-0.2, 0) is 17.8 Å². The summed E-state index contributed by atoms with van der Waals surface area (Å²) in [6.07, 6.45) is 3.56. The second-order valence-electron chi connectivity index (χ2n) is 5.00. The molecule has 0 atom stereocenters. The van der Waals surface area contributed by atoms with Gasteiger partial charge in [0.05, 0.1) is 6.61 Å². The average Bonchev–Trinajstić information content (AvgIpc) is 2.49. The second kappa shape index (κ2) is 8.39. The number of hydrogen-bond acceptors (Lipinski definition) is 2. The minimum atomic E-state index is 0.670. The summed E-state index contributed by atoms with van der Waals surface area (Å²) in [5.74, 6) is 0. The van der Waals surface area contributed by atoms with E-state index in [1.807, 2.05) is 0 Å². The van der Waals surface area contributed by atoms with Crippen molar-refractivity contribution >= 4 is 5.69 Å². The first-order chi connectivity index (χ1) is 9.88. The van der Waals surface area contributed by atoms with Gasteiger partial charge in [-0.05, 0) is 42.5 Å². The molecule has 0 radical (unpaired) electrons. The molecule has 20 heavy (non-hydrogen) atoms. The Bertz CT molecular complexity index is 496. The molecule has 2 nitrogen and oxygen atoms in total. The van der Waals surface area contributed by atoms with Crippen LogP contribution in [0, 0.1) is 0 Å². The molecular weight excluding hydrogens is 246 g/mol. The van der Waals surface area contributed by atoms with Crippen LogP contribution in [0.1, 0.15) is 24.0 Å². The third kappa shape index (κ3) is 5.06. The Kier molecular flexibility index (Phi) is 6.12. The van der Waals surface area contributed by atoms with Crippen molar-refractivity contribution in [2.45, 2.75) is 25.9 Å². The smallest absolute Gasteiger partial charge is 0.0713 e. The highest BCUT2D eigenvalue weighted by Crippen LogP contribution is 2.12. The van der Waals surface area contributed by atoms with Gasteiger partial charge in [-0.3, -0.25) is 0 Å². The maximum absolute atomic E-state index is 5.15. The number of methoxy groups -OCH3 is 1. The fourth-order valence-electron chi connectivity index (χ4n) is 2.27. The van der Waals surface area contributed by atoms with Gasteiger partial charge in [-0.15, -0.1) is 0 Å². The van der Waals surface area contributed by atoms with Gasteiger partial charge in [0.25, 0.3) is 0 Å². The minimum Gasteiger partial charge on any atom is -0.385 e. The van der Waals surface area contributed by atoms with E-state index in [-0.39, 0.29) is 0 Å². The van der Waals surface area contributed by atoms with Gasteiger partial charge in [0, 0.05) is 19.3 Å². The third-order valence-electron chi connectivity index (χ3n) is 3.30. The van der Waals surface area contributed by atoms with Crippen molar-refractivity contribution in [3.8, 4) is 0 Å². The first-order valence-corrected chi connectivity index (χ1v) is 7.24. The monoisotopic (exact) mass is 269 g/mol. The summed E-state index contributed by atoms with van der Waals surface area (Å²) < 4.78 is 5.15. The number of anilines is 1. The van der Waals surface area contributed by atoms with Crippen molar-refractivity contribution in [2.75, 3.05) is 19.0 Å². The van der Waals surface area contributed by atoms with Crippen LogP contribution in [0.4, 0.5) is 5.69 Å². The molecule has 0 saturated carbocycles. The summed E-state index contributed by atoms with van der Waals surface area (Å²) in [5.41, 5.74) is 3.82. The van der Waals surface area contributed by atoms with Crippen LogP contribution in [-0.4, -0.2) is 13.7 Å². The number of rotatable bonds is 8. The number of hydrogen-bond donors (Lipinski definition) is 1. The molecule has 0 amide bonds. The quantitative estimate of drug-likeness (QED) is 0.723. The molecule has 0 unspecified atom stereocenters. The Balaban J connectivity index is 1.67. The van der Waals surface area contributed by atoms with Crippen molar-refractivity contribution < 1.29 is 4.74 Å². The molecule has 106 valence electrons. The fourth-order valence-corrected chi connectivity index (χ4v) is 2.27. The Labute approximate surface area is 121 Å². The van der Waals surface area contributed by atoms with E-state index in [1.165, 1.54) is 29.7 Å². The number of benzene rings is 2. The normalized spacial score (nSPS) is 10.4. The standard InChI is InChI=1S/C18H23NO/c1-20-15-17-11-7-12-18(14-17)19-13-6-5-10-16-8-3-2-4-9-16/h2-4,7-9,11-12,14,19H,5-6,10,13,15H2,1H3. The second-order valence-corrected chi connectivity index (χ2v) is 5.00. The number of unbranched alkanes of at least 4 members (excludes halogenated alkanes) is 1. The van der Waals surface area contributed by atoms with Gasteiger partial charge in [-0.25, -0.2) is 0 Å². The highest BCUT2D eigenvalue weighted by atomic mass is 16.5. The van der Waals surface area contributed by atoms with Crippen LogP contribution in [0.5, 0.6) is 0 Å². The van der Waals surface area contributed by atoms with E-state index in [2.05, 4.69) is 59.9 Å². The Hall–Kier alpha value is -1.80. The van der Waals surface area contributed by atoms with Crippen molar-refractivity contribution in [3.05, 3.63) is 65.7 Å². The van der Waals surface area contributed by atoms with Crippen LogP contribution in [0.25, 0.3) is 0 Å². The largest absolute Gasteiger partial charge is 0.385 e. The zero-order chi connectivity index (χ0) is 14.0. The molecule has 2 aromatic carbocycles. The lowest BCUT2D eigenvalue weighted by molar-refractivity contribution is 0.185. The summed E-state index contributed by atoms with van der Waals surface area (Å²) in [6, 6.07) is 19.1. The van der Waals surface area contributed by atoms with E-state index < -0.39 is 0 Å². The molecule has 0 spiro atoms. The van der Waals surface area contributed by atoms with Crippen LogP contribution < -0.4 is 5.32 Å². The maximum atomic E-state index is 5.15. The molecule has 0 aliphatic rings. The van der Waals surface area contributed by atoms with Crippen LogP contribution >= 0.6 is 0 Å². The molecular formula is C18H23NO. The summed E-state index contributed by atoms with van der Waals surface area (Å²) in [7, 11) is 1.73. The Morgan fingerprint density at radius 1 is 0.900 bits per heavy atom. The van der Waals surface area contributed by atoms with E-state index in [9.17, 15) is 0 Å². The Morgan fingerprint density at radius 2 is 1.70 bits per heavy atom. The van der Waals surface area contributed by atoms with Gasteiger partial charge in [-0.2, -0.15) is 0 Å². The van der Waals surface area contributed by atoms with Gasteiger partial charge >= 0.3 is 0 Å². The molecule has 0 bridgehead atoms. The molecule has 2 heteroatoms. The fraction of sp³-hybridized carbons (Fsp3) is 0.333. The van der Waals surface area contributed by atoms with Crippen LogP contribution in [0.3, 0.4) is 0 Å². The average molecular weight is 269 g/mol. The predicted molar refractivity (Wildman–Crippen MR) is 85.0 cm³/mol. The lowest BCUT2D eigenvalue weighted by Gasteiger charge is -2.08. The molecule has 1 N–H and O–H groups in total. The molecule has 2 rings (SSSR count). The van der Waals surface area contributed by atoms with Crippen molar-refractivity contribution in [1.82, 2.24) is 0 Å². The van der Waals surface area contributed by atoms with Crippen molar-refractivity contribution in [1.29, 1.82) is 0 Å². The van der Waals surface area contributed by atoms with Gasteiger partial charge in [0.2, 0.25) is 0 Å². The van der Waals surface area contributed by atoms with Gasteiger partial charge < -0.3 is 10.1 Å². The van der Waals surface area contributed by atoms with Crippen molar-refractivity contribution in [2.24, 2.45) is 0 Å². The van der Waals surface area contributed by atoms with Crippen molar-refractivity contribution in [3.63, 3.8) is 0 Å². The van der Waals surface area contributed by atoms with E-state index >= 15 is 0 Å². The lowest BCUT2D eigenvalue weighted by Crippen LogP contribution is -2.02. The van der Waals surface area contributed by atoms with E-state index in [0.717, 1.165) is 13.0 Å². The molecule has 0 aliphatic heterocycles.